The summed E-state index contributed by atoms with van der Waals surface area (Å²) in [6.07, 6.45) is 1.71. The standard InChI is InChI=1S/C29H32N4O5/c1-3-24(34)22(15-18-11-13-30-27(18)35)32-28(36)26-19-8-5-4-7-17(19)12-14-33(26)29(37)23-16-20-21(31-23)9-6-10-25(20)38-2/h4-10,16,18,22,26,31H,3,11-15H2,1-2H3,(H,30,35)(H,32,36). The third-order valence-electron chi connectivity index (χ3n) is 7.60. The molecule has 3 heterocycles. The molecule has 1 saturated heterocycles. The van der Waals surface area contributed by atoms with Crippen LogP contribution in [0.4, 0.5) is 0 Å². The minimum atomic E-state index is -0.912. The lowest BCUT2D eigenvalue weighted by Crippen LogP contribution is -2.51. The van der Waals surface area contributed by atoms with Crippen molar-refractivity contribution >= 4 is 34.4 Å². The van der Waals surface area contributed by atoms with Crippen LogP contribution in [0, 0.1) is 5.92 Å². The van der Waals surface area contributed by atoms with Gasteiger partial charge in [0.15, 0.2) is 5.78 Å². The minimum absolute atomic E-state index is 0.0952. The number of ketones is 1. The molecule has 0 bridgehead atoms. The number of amides is 3. The molecule has 5 rings (SSSR count). The summed E-state index contributed by atoms with van der Waals surface area (Å²) in [5, 5.41) is 6.48. The van der Waals surface area contributed by atoms with Crippen LogP contribution in [0.1, 0.15) is 53.8 Å². The van der Waals surface area contributed by atoms with E-state index >= 15 is 0 Å². The summed E-state index contributed by atoms with van der Waals surface area (Å²) >= 11 is 0. The van der Waals surface area contributed by atoms with E-state index < -0.39 is 18.0 Å². The van der Waals surface area contributed by atoms with Crippen molar-refractivity contribution in [3.63, 3.8) is 0 Å². The molecule has 0 radical (unpaired) electrons. The van der Waals surface area contributed by atoms with Gasteiger partial charge in [0, 0.05) is 36.3 Å². The van der Waals surface area contributed by atoms with Crippen molar-refractivity contribution in [2.75, 3.05) is 20.2 Å². The average Bonchev–Trinajstić information content (AvgIpc) is 3.56. The molecule has 9 nitrogen and oxygen atoms in total. The number of H-pyrrole nitrogens is 1. The van der Waals surface area contributed by atoms with Crippen LogP contribution in [0.3, 0.4) is 0 Å². The first kappa shape index (κ1) is 25.5. The lowest BCUT2D eigenvalue weighted by molar-refractivity contribution is -0.132. The van der Waals surface area contributed by atoms with Gasteiger partial charge in [-0.2, -0.15) is 0 Å². The topological polar surface area (TPSA) is 121 Å². The highest BCUT2D eigenvalue weighted by atomic mass is 16.5. The lowest BCUT2D eigenvalue weighted by atomic mass is 9.90. The number of ether oxygens (including phenoxy) is 1. The van der Waals surface area contributed by atoms with Gasteiger partial charge in [-0.25, -0.2) is 0 Å². The van der Waals surface area contributed by atoms with Crippen molar-refractivity contribution in [1.29, 1.82) is 0 Å². The monoisotopic (exact) mass is 516 g/mol. The molecular weight excluding hydrogens is 484 g/mol. The first-order chi connectivity index (χ1) is 18.4. The SMILES string of the molecule is CCC(=O)C(CC1CCNC1=O)NC(=O)C1c2ccccc2CCN1C(=O)c1cc2c(OC)cccc2[nH]1. The molecule has 2 aliphatic heterocycles. The molecule has 0 spiro atoms. The quantitative estimate of drug-likeness (QED) is 0.425. The summed E-state index contributed by atoms with van der Waals surface area (Å²) < 4.78 is 5.44. The third-order valence-corrected chi connectivity index (χ3v) is 7.60. The first-order valence-corrected chi connectivity index (χ1v) is 13.1. The van der Waals surface area contributed by atoms with Crippen LogP contribution in [-0.4, -0.2) is 59.6 Å². The van der Waals surface area contributed by atoms with E-state index in [1.54, 1.807) is 25.0 Å². The van der Waals surface area contributed by atoms with Gasteiger partial charge in [-0.15, -0.1) is 0 Å². The number of Topliss-reactive ketones (excluding diaryl/α,β-unsaturated/α-hetero) is 1. The Labute approximate surface area is 220 Å². The Hall–Kier alpha value is -4.14. The van der Waals surface area contributed by atoms with E-state index in [4.69, 9.17) is 4.74 Å². The Morgan fingerprint density at radius 2 is 1.97 bits per heavy atom. The summed E-state index contributed by atoms with van der Waals surface area (Å²) in [6.45, 7) is 2.65. The molecule has 3 amide bonds. The molecule has 3 unspecified atom stereocenters. The second-order valence-electron chi connectivity index (χ2n) is 9.85. The van der Waals surface area contributed by atoms with Crippen molar-refractivity contribution in [2.24, 2.45) is 5.92 Å². The zero-order valence-corrected chi connectivity index (χ0v) is 21.6. The van der Waals surface area contributed by atoms with Crippen molar-refractivity contribution < 1.29 is 23.9 Å². The number of fused-ring (bicyclic) bond motifs is 2. The number of carbonyl (C=O) groups excluding carboxylic acids is 4. The predicted molar refractivity (Wildman–Crippen MR) is 142 cm³/mol. The fourth-order valence-corrected chi connectivity index (χ4v) is 5.57. The van der Waals surface area contributed by atoms with Gasteiger partial charge >= 0.3 is 0 Å². The predicted octanol–water partition coefficient (Wildman–Crippen LogP) is 2.91. The van der Waals surface area contributed by atoms with Gasteiger partial charge in [-0.1, -0.05) is 37.3 Å². The van der Waals surface area contributed by atoms with Crippen molar-refractivity contribution in [2.45, 2.75) is 44.7 Å². The molecule has 2 aromatic carbocycles. The number of hydrogen-bond acceptors (Lipinski definition) is 5. The van der Waals surface area contributed by atoms with E-state index in [0.29, 0.717) is 37.4 Å². The van der Waals surface area contributed by atoms with Gasteiger partial charge in [-0.3, -0.25) is 19.2 Å². The Balaban J connectivity index is 1.46. The van der Waals surface area contributed by atoms with Crippen LogP contribution in [0.15, 0.2) is 48.5 Å². The number of nitrogens with zero attached hydrogens (tertiary/aromatic N) is 1. The van der Waals surface area contributed by atoms with Gasteiger partial charge in [0.05, 0.1) is 13.2 Å². The van der Waals surface area contributed by atoms with Gasteiger partial charge < -0.3 is 25.3 Å². The Morgan fingerprint density at radius 1 is 1.16 bits per heavy atom. The van der Waals surface area contributed by atoms with E-state index in [2.05, 4.69) is 15.6 Å². The zero-order valence-electron chi connectivity index (χ0n) is 21.6. The highest BCUT2D eigenvalue weighted by Crippen LogP contribution is 2.33. The summed E-state index contributed by atoms with van der Waals surface area (Å²) in [5.74, 6) is -0.651. The summed E-state index contributed by atoms with van der Waals surface area (Å²) in [4.78, 5) is 57.5. The smallest absolute Gasteiger partial charge is 0.271 e. The molecule has 2 aliphatic rings. The minimum Gasteiger partial charge on any atom is -0.496 e. The highest BCUT2D eigenvalue weighted by Gasteiger charge is 2.39. The number of benzene rings is 2. The molecule has 9 heteroatoms. The van der Waals surface area contributed by atoms with E-state index in [1.807, 2.05) is 42.5 Å². The lowest BCUT2D eigenvalue weighted by Gasteiger charge is -2.37. The van der Waals surface area contributed by atoms with E-state index in [1.165, 1.54) is 0 Å². The molecule has 0 saturated carbocycles. The molecule has 198 valence electrons. The zero-order chi connectivity index (χ0) is 26.8. The maximum Gasteiger partial charge on any atom is 0.271 e. The Bertz CT molecular complexity index is 1400. The van der Waals surface area contributed by atoms with Crippen LogP contribution in [0.2, 0.25) is 0 Å². The largest absolute Gasteiger partial charge is 0.496 e. The summed E-state index contributed by atoms with van der Waals surface area (Å²) in [5.41, 5.74) is 2.84. The van der Waals surface area contributed by atoms with Crippen LogP contribution in [0.5, 0.6) is 5.75 Å². The Kier molecular flexibility index (Phi) is 7.18. The van der Waals surface area contributed by atoms with E-state index in [-0.39, 0.29) is 36.4 Å². The second-order valence-corrected chi connectivity index (χ2v) is 9.85. The van der Waals surface area contributed by atoms with Crippen LogP contribution in [-0.2, 0) is 20.8 Å². The number of rotatable bonds is 8. The van der Waals surface area contributed by atoms with Crippen molar-refractivity contribution in [1.82, 2.24) is 20.5 Å². The molecule has 0 aliphatic carbocycles. The fraction of sp³-hybridized carbons (Fsp3) is 0.379. The van der Waals surface area contributed by atoms with Crippen LogP contribution in [0.25, 0.3) is 10.9 Å². The van der Waals surface area contributed by atoms with Crippen LogP contribution < -0.4 is 15.4 Å². The number of aromatic amines is 1. The molecule has 3 atom stereocenters. The average molecular weight is 517 g/mol. The molecule has 1 fully saturated rings. The number of aromatic nitrogens is 1. The first-order valence-electron chi connectivity index (χ1n) is 13.1. The highest BCUT2D eigenvalue weighted by molar-refractivity contribution is 6.02. The molecular formula is C29H32N4O5. The summed E-state index contributed by atoms with van der Waals surface area (Å²) in [6, 6.07) is 13.1. The van der Waals surface area contributed by atoms with Gasteiger partial charge in [0.2, 0.25) is 11.8 Å². The fourth-order valence-electron chi connectivity index (χ4n) is 5.57. The van der Waals surface area contributed by atoms with E-state index in [9.17, 15) is 19.2 Å². The molecule has 1 aromatic heterocycles. The van der Waals surface area contributed by atoms with Crippen molar-refractivity contribution in [3.8, 4) is 5.75 Å². The van der Waals surface area contributed by atoms with Gasteiger partial charge in [0.1, 0.15) is 17.5 Å². The molecule has 3 aromatic rings. The second kappa shape index (κ2) is 10.7. The van der Waals surface area contributed by atoms with Gasteiger partial charge in [0.25, 0.3) is 5.91 Å². The number of carbonyl (C=O) groups is 4. The molecule has 38 heavy (non-hydrogen) atoms. The Morgan fingerprint density at radius 3 is 2.71 bits per heavy atom. The number of nitrogens with one attached hydrogen (secondary N) is 3. The third kappa shape index (κ3) is 4.76. The van der Waals surface area contributed by atoms with E-state index in [0.717, 1.165) is 22.0 Å². The number of methoxy groups -OCH3 is 1. The van der Waals surface area contributed by atoms with Crippen LogP contribution >= 0.6 is 0 Å². The number of hydrogen-bond donors (Lipinski definition) is 3. The normalized spacial score (nSPS) is 19.5. The van der Waals surface area contributed by atoms with Gasteiger partial charge in [-0.05, 0) is 48.6 Å². The summed E-state index contributed by atoms with van der Waals surface area (Å²) in [7, 11) is 1.58. The maximum atomic E-state index is 13.9. The maximum absolute atomic E-state index is 13.9. The van der Waals surface area contributed by atoms with Crippen molar-refractivity contribution in [3.05, 3.63) is 65.4 Å². The molecule has 3 N–H and O–H groups in total.